The number of aromatic carboxylic acids is 1. The van der Waals surface area contributed by atoms with Crippen molar-refractivity contribution in [3.8, 4) is 0 Å². The molecule has 56 heavy (non-hydrogen) atoms. The molecule has 1 aliphatic carbocycles. The number of carboxylic acid groups (broad SMARTS) is 1. The molecule has 5 amide bonds. The van der Waals surface area contributed by atoms with Gasteiger partial charge in [0.1, 0.15) is 29.8 Å². The molecule has 5 N–H and O–H groups in total. The molecule has 0 aromatic heterocycles. The van der Waals surface area contributed by atoms with E-state index >= 15 is 0 Å². The van der Waals surface area contributed by atoms with Crippen molar-refractivity contribution in [3.63, 3.8) is 0 Å². The van der Waals surface area contributed by atoms with Gasteiger partial charge in [0.05, 0.1) is 17.3 Å². The van der Waals surface area contributed by atoms with Crippen molar-refractivity contribution in [2.45, 2.75) is 148 Å². The number of carbonyl (C=O) groups is 6. The number of hydrogen-bond acceptors (Lipinski definition) is 8. The van der Waals surface area contributed by atoms with E-state index in [2.05, 4.69) is 21.3 Å². The molecule has 6 atom stereocenters. The van der Waals surface area contributed by atoms with Crippen LogP contribution in [0.2, 0.25) is 0 Å². The maximum Gasteiger partial charge on any atom is 0.335 e. The minimum Gasteiger partial charge on any atom is -0.478 e. The van der Waals surface area contributed by atoms with Crippen molar-refractivity contribution in [1.29, 1.82) is 0 Å². The molecule has 1 aromatic rings. The van der Waals surface area contributed by atoms with E-state index in [1.54, 1.807) is 46.8 Å². The van der Waals surface area contributed by atoms with E-state index in [0.717, 1.165) is 19.3 Å². The number of rotatable bonds is 15. The van der Waals surface area contributed by atoms with Crippen molar-refractivity contribution in [3.05, 3.63) is 35.4 Å². The molecular formula is C40H59F2N5O9. The fourth-order valence-electron chi connectivity index (χ4n) is 7.98. The number of carbonyl (C=O) groups excluding carboxylic acids is 5. The Kier molecular flexibility index (Phi) is 14.8. The quantitative estimate of drug-likeness (QED) is 0.162. The summed E-state index contributed by atoms with van der Waals surface area (Å²) in [6.45, 7) is 12.4. The molecule has 16 heteroatoms. The highest BCUT2D eigenvalue weighted by Gasteiger charge is 2.56. The normalized spacial score (nSPS) is 22.5. The lowest BCUT2D eigenvalue weighted by molar-refractivity contribution is -0.158. The number of alkyl halides is 2. The third-order valence-electron chi connectivity index (χ3n) is 10.6. The van der Waals surface area contributed by atoms with Gasteiger partial charge >= 0.3 is 18.0 Å². The van der Waals surface area contributed by atoms with Crippen molar-refractivity contribution >= 4 is 35.7 Å². The predicted octanol–water partition coefficient (Wildman–Crippen LogP) is 4.19. The molecule has 0 radical (unpaired) electrons. The van der Waals surface area contributed by atoms with Gasteiger partial charge in [0.15, 0.2) is 0 Å². The summed E-state index contributed by atoms with van der Waals surface area (Å²) in [5, 5.41) is 19.8. The van der Waals surface area contributed by atoms with Gasteiger partial charge in [-0.25, -0.2) is 23.2 Å². The van der Waals surface area contributed by atoms with Gasteiger partial charge in [0.2, 0.25) is 24.1 Å². The maximum atomic E-state index is 14.7. The van der Waals surface area contributed by atoms with Gasteiger partial charge in [-0.15, -0.1) is 0 Å². The standard InChI is InChI=1S/C40H59F2N5O9/c1-22(2)30(37(53)56-39(3,4)5)45-38(54)46-31(24-11-9-8-10-12-24)35(50)47-21-28-26(20-40(6,7)55-28)32(47)34(49)44-27(19-29(41)42)33(48)43-18-17-23-13-15-25(16-14-23)36(51)52/h13-16,22,24,26-32H,8-12,17-21H2,1-7H3,(H,43,48)(H,44,49)(H,51,52)(H2,45,46,54)/t26-,27-,28-,30-,31-,32-/m0/s1. The van der Waals surface area contributed by atoms with Crippen molar-refractivity contribution in [1.82, 2.24) is 26.2 Å². The number of benzene rings is 1. The first-order valence-corrected chi connectivity index (χ1v) is 19.6. The number of fused-ring (bicyclic) bond motifs is 1. The van der Waals surface area contributed by atoms with Crippen LogP contribution in [0, 0.1) is 17.8 Å². The number of urea groups is 1. The summed E-state index contributed by atoms with van der Waals surface area (Å²) in [5.74, 6) is -4.99. The molecule has 312 valence electrons. The molecule has 2 heterocycles. The van der Waals surface area contributed by atoms with Gasteiger partial charge < -0.3 is 40.7 Å². The van der Waals surface area contributed by atoms with E-state index in [1.165, 1.54) is 17.0 Å². The van der Waals surface area contributed by atoms with Crippen molar-refractivity contribution < 1.29 is 52.1 Å². The molecule has 1 aromatic carbocycles. The summed E-state index contributed by atoms with van der Waals surface area (Å²) in [4.78, 5) is 81.3. The third-order valence-corrected chi connectivity index (χ3v) is 10.6. The highest BCUT2D eigenvalue weighted by molar-refractivity contribution is 5.95. The summed E-state index contributed by atoms with van der Waals surface area (Å²) in [7, 11) is 0. The maximum absolute atomic E-state index is 14.7. The van der Waals surface area contributed by atoms with E-state index in [-0.39, 0.29) is 36.9 Å². The Hall–Kier alpha value is -4.34. The SMILES string of the molecule is CC(C)[C@H](NC(=O)N[C@H](C(=O)N1C[C@@H]2OC(C)(C)C[C@@H]2[C@H]1C(=O)N[C@@H](CC(F)F)C(=O)NCCc1ccc(C(=O)O)cc1)C1CCCCC1)C(=O)OC(C)(C)C. The summed E-state index contributed by atoms with van der Waals surface area (Å²) in [5.41, 5.74) is -0.633. The van der Waals surface area contributed by atoms with Gasteiger partial charge in [0, 0.05) is 25.4 Å². The first-order valence-electron chi connectivity index (χ1n) is 19.6. The molecule has 0 unspecified atom stereocenters. The summed E-state index contributed by atoms with van der Waals surface area (Å²) in [6, 6.07) is 0.376. The van der Waals surface area contributed by atoms with Crippen LogP contribution >= 0.6 is 0 Å². The summed E-state index contributed by atoms with van der Waals surface area (Å²) in [6.07, 6.45) is 0.0799. The Balaban J connectivity index is 1.54. The number of hydrogen-bond donors (Lipinski definition) is 5. The lowest BCUT2D eigenvalue weighted by Gasteiger charge is -2.36. The zero-order valence-electron chi connectivity index (χ0n) is 33.5. The van der Waals surface area contributed by atoms with Crippen LogP contribution in [-0.4, -0.2) is 107 Å². The topological polar surface area (TPSA) is 192 Å². The second-order valence-corrected chi connectivity index (χ2v) is 17.2. The fraction of sp³-hybridized carbons (Fsp3) is 0.700. The molecule has 0 spiro atoms. The van der Waals surface area contributed by atoms with E-state index in [4.69, 9.17) is 14.6 Å². The number of likely N-dealkylation sites (tertiary alicyclic amines) is 1. The van der Waals surface area contributed by atoms with Gasteiger partial charge in [0.25, 0.3) is 0 Å². The number of ether oxygens (including phenoxy) is 2. The Labute approximate surface area is 327 Å². The molecule has 14 nitrogen and oxygen atoms in total. The molecule has 0 bridgehead atoms. The van der Waals surface area contributed by atoms with Crippen LogP contribution in [0.4, 0.5) is 13.6 Å². The lowest BCUT2D eigenvalue weighted by atomic mass is 9.83. The highest BCUT2D eigenvalue weighted by atomic mass is 19.3. The number of halogens is 2. The molecule has 2 saturated heterocycles. The van der Waals surface area contributed by atoms with Gasteiger partial charge in [-0.1, -0.05) is 45.2 Å². The number of nitrogens with one attached hydrogen (secondary N) is 4. The van der Waals surface area contributed by atoms with Gasteiger partial charge in [-0.2, -0.15) is 0 Å². The monoisotopic (exact) mass is 791 g/mol. The summed E-state index contributed by atoms with van der Waals surface area (Å²) < 4.78 is 39.5. The number of esters is 1. The largest absolute Gasteiger partial charge is 0.478 e. The molecular weight excluding hydrogens is 732 g/mol. The van der Waals surface area contributed by atoms with E-state index in [9.17, 15) is 37.5 Å². The van der Waals surface area contributed by atoms with Crippen molar-refractivity contribution in [2.24, 2.45) is 17.8 Å². The average Bonchev–Trinajstić information content (AvgIpc) is 3.59. The number of nitrogens with zero attached hydrogens (tertiary/aromatic N) is 1. The van der Waals surface area contributed by atoms with Crippen LogP contribution in [-0.2, 0) is 35.1 Å². The first-order chi connectivity index (χ1) is 26.2. The van der Waals surface area contributed by atoms with Crippen LogP contribution in [0.3, 0.4) is 0 Å². The highest BCUT2D eigenvalue weighted by Crippen LogP contribution is 2.43. The second kappa shape index (κ2) is 18.7. The van der Waals surface area contributed by atoms with E-state index < -0.39 is 95.9 Å². The molecule has 3 fully saturated rings. The molecule has 1 saturated carbocycles. The Morgan fingerprint density at radius 3 is 2.20 bits per heavy atom. The fourth-order valence-corrected chi connectivity index (χ4v) is 7.98. The van der Waals surface area contributed by atoms with Crippen LogP contribution in [0.5, 0.6) is 0 Å². The van der Waals surface area contributed by atoms with E-state index in [0.29, 0.717) is 24.8 Å². The smallest absolute Gasteiger partial charge is 0.335 e. The predicted molar refractivity (Wildman–Crippen MR) is 202 cm³/mol. The molecule has 4 rings (SSSR count). The van der Waals surface area contributed by atoms with Crippen molar-refractivity contribution in [2.75, 3.05) is 13.1 Å². The average molecular weight is 792 g/mol. The Morgan fingerprint density at radius 1 is 0.982 bits per heavy atom. The molecule has 2 aliphatic heterocycles. The zero-order chi connectivity index (χ0) is 41.5. The Morgan fingerprint density at radius 2 is 1.62 bits per heavy atom. The Bertz CT molecular complexity index is 1580. The first kappa shape index (κ1) is 44.4. The number of amides is 5. The lowest BCUT2D eigenvalue weighted by Crippen LogP contribution is -2.61. The van der Waals surface area contributed by atoms with Crippen LogP contribution < -0.4 is 21.3 Å². The minimum absolute atomic E-state index is 0.0104. The second-order valence-electron chi connectivity index (χ2n) is 17.2. The third kappa shape index (κ3) is 12.1. The number of carboxylic acids is 1. The van der Waals surface area contributed by atoms with E-state index in [1.807, 2.05) is 13.8 Å². The minimum atomic E-state index is -2.94. The van der Waals surface area contributed by atoms with Crippen LogP contribution in [0.1, 0.15) is 109 Å². The zero-order valence-corrected chi connectivity index (χ0v) is 33.5. The van der Waals surface area contributed by atoms with Gasteiger partial charge in [-0.3, -0.25) is 14.4 Å². The molecule has 3 aliphatic rings. The summed E-state index contributed by atoms with van der Waals surface area (Å²) >= 11 is 0. The van der Waals surface area contributed by atoms with Crippen LogP contribution in [0.25, 0.3) is 0 Å². The van der Waals surface area contributed by atoms with Gasteiger partial charge in [-0.05, 0) is 89.8 Å². The van der Waals surface area contributed by atoms with Crippen LogP contribution in [0.15, 0.2) is 24.3 Å².